The van der Waals surface area contributed by atoms with E-state index >= 15 is 0 Å². The lowest BCUT2D eigenvalue weighted by Crippen LogP contribution is -2.39. The van der Waals surface area contributed by atoms with Gasteiger partial charge >= 0.3 is 0 Å². The molecule has 2 N–H and O–H groups in total. The summed E-state index contributed by atoms with van der Waals surface area (Å²) in [5.74, 6) is 0.972. The largest absolute Gasteiger partial charge is 0.493 e. The number of carbonyl (C=O) groups excluding carboxylic acids is 1. The second-order valence-corrected chi connectivity index (χ2v) is 15.8. The van der Waals surface area contributed by atoms with Crippen molar-refractivity contribution in [3.8, 4) is 11.5 Å². The van der Waals surface area contributed by atoms with Crippen molar-refractivity contribution in [2.24, 2.45) is 0 Å². The van der Waals surface area contributed by atoms with E-state index in [1.165, 1.54) is 5.56 Å². The van der Waals surface area contributed by atoms with E-state index in [1.54, 1.807) is 31.1 Å². The van der Waals surface area contributed by atoms with Crippen molar-refractivity contribution in [1.82, 2.24) is 0 Å². The predicted octanol–water partition coefficient (Wildman–Crippen LogP) is 6.04. The third-order valence-electron chi connectivity index (χ3n) is 8.52. The zero-order valence-corrected chi connectivity index (χ0v) is 30.8. The van der Waals surface area contributed by atoms with Gasteiger partial charge in [0.2, 0.25) is 0 Å². The Morgan fingerprint density at radius 2 is 1.73 bits per heavy atom. The minimum Gasteiger partial charge on any atom is -0.493 e. The Bertz CT molecular complexity index is 1560. The van der Waals surface area contributed by atoms with E-state index in [0.717, 1.165) is 41.2 Å². The Hall–Kier alpha value is -3.13. The number of ether oxygens (including phenoxy) is 5. The standard InChI is InChI=1S/C37H49N3O7S2/c1-37(2,49-48-5)25-39(10-11-45-14-15-46-13-12-43-3)29-17-26(23-41)16-27(18-29)24-47-35-21-32-31(20-34(35)44-4)36(42)40-30(22-38-32)19-28-8-6-7-9-33(28)40/h6-9,16-18,20-21,30,38,41H,10-15,19,22-25H2,1-5H3. The molecule has 0 bridgehead atoms. The number of para-hydroxylation sites is 1. The van der Waals surface area contributed by atoms with Crippen LogP contribution in [0.25, 0.3) is 0 Å². The van der Waals surface area contributed by atoms with E-state index in [4.69, 9.17) is 23.7 Å². The number of hydrogen-bond acceptors (Lipinski definition) is 11. The molecule has 1 amide bonds. The highest BCUT2D eigenvalue weighted by Crippen LogP contribution is 2.41. The number of amides is 1. The van der Waals surface area contributed by atoms with Crippen LogP contribution >= 0.6 is 21.6 Å². The molecule has 0 saturated heterocycles. The van der Waals surface area contributed by atoms with Crippen molar-refractivity contribution in [3.05, 3.63) is 76.9 Å². The lowest BCUT2D eigenvalue weighted by molar-refractivity contribution is 0.0264. The van der Waals surface area contributed by atoms with Crippen LogP contribution in [0.15, 0.2) is 54.6 Å². The molecule has 12 heteroatoms. The Morgan fingerprint density at radius 3 is 2.49 bits per heavy atom. The van der Waals surface area contributed by atoms with E-state index in [-0.39, 0.29) is 29.9 Å². The molecule has 0 spiro atoms. The molecular weight excluding hydrogens is 663 g/mol. The van der Waals surface area contributed by atoms with Crippen LogP contribution in [0.1, 0.15) is 40.9 Å². The first-order valence-electron chi connectivity index (χ1n) is 16.6. The van der Waals surface area contributed by atoms with Crippen LogP contribution in [0.2, 0.25) is 0 Å². The lowest BCUT2D eigenvalue weighted by Gasteiger charge is -2.34. The highest BCUT2D eigenvalue weighted by molar-refractivity contribution is 8.77. The maximum absolute atomic E-state index is 13.9. The number of carbonyl (C=O) groups is 1. The molecule has 5 rings (SSSR count). The summed E-state index contributed by atoms with van der Waals surface area (Å²) in [5.41, 5.74) is 6.12. The molecule has 0 aliphatic carbocycles. The van der Waals surface area contributed by atoms with E-state index in [9.17, 15) is 9.90 Å². The van der Waals surface area contributed by atoms with Gasteiger partial charge in [-0.25, -0.2) is 0 Å². The minimum absolute atomic E-state index is 0.0363. The molecule has 2 aliphatic rings. The highest BCUT2D eigenvalue weighted by atomic mass is 33.1. The number of methoxy groups -OCH3 is 2. The first-order valence-corrected chi connectivity index (χ1v) is 19.2. The summed E-state index contributed by atoms with van der Waals surface area (Å²) in [6.07, 6.45) is 2.91. The first kappa shape index (κ1) is 37.1. The summed E-state index contributed by atoms with van der Waals surface area (Å²) in [6, 6.07) is 17.9. The monoisotopic (exact) mass is 711 g/mol. The highest BCUT2D eigenvalue weighted by Gasteiger charge is 2.37. The van der Waals surface area contributed by atoms with E-state index in [1.807, 2.05) is 52.1 Å². The third kappa shape index (κ3) is 9.56. The second-order valence-electron chi connectivity index (χ2n) is 12.7. The normalized spacial score (nSPS) is 15.3. The maximum atomic E-state index is 13.9. The van der Waals surface area contributed by atoms with Gasteiger partial charge < -0.3 is 43.9 Å². The van der Waals surface area contributed by atoms with Crippen molar-refractivity contribution in [1.29, 1.82) is 0 Å². The summed E-state index contributed by atoms with van der Waals surface area (Å²) in [4.78, 5) is 18.1. The van der Waals surface area contributed by atoms with Gasteiger partial charge in [-0.1, -0.05) is 39.8 Å². The number of fused-ring (bicyclic) bond motifs is 4. The first-order chi connectivity index (χ1) is 23.8. The third-order valence-corrected chi connectivity index (χ3v) is 11.1. The molecule has 266 valence electrons. The number of aliphatic hydroxyl groups excluding tert-OH is 1. The van der Waals surface area contributed by atoms with Crippen LogP contribution in [-0.4, -0.2) is 94.9 Å². The Balaban J connectivity index is 1.32. The summed E-state index contributed by atoms with van der Waals surface area (Å²) in [6.45, 7) is 9.37. The van der Waals surface area contributed by atoms with E-state index < -0.39 is 0 Å². The number of nitrogens with one attached hydrogen (secondary N) is 1. The SMILES string of the molecule is COCCOCCOCCN(CC(C)(C)SSC)c1cc(CO)cc(COc2cc3c(cc2OC)C(=O)N2c4ccccc4CC2CN3)c1. The molecule has 0 saturated carbocycles. The molecule has 2 aliphatic heterocycles. The number of rotatable bonds is 19. The van der Waals surface area contributed by atoms with Crippen LogP contribution in [0.3, 0.4) is 0 Å². The topological polar surface area (TPSA) is 102 Å². The molecule has 0 radical (unpaired) electrons. The molecule has 1 atom stereocenters. The summed E-state index contributed by atoms with van der Waals surface area (Å²) in [5, 5.41) is 13.7. The van der Waals surface area contributed by atoms with Crippen LogP contribution in [0.5, 0.6) is 11.5 Å². The van der Waals surface area contributed by atoms with E-state index in [0.29, 0.717) is 63.2 Å². The lowest BCUT2D eigenvalue weighted by atomic mass is 10.1. The van der Waals surface area contributed by atoms with Crippen molar-refractivity contribution in [2.75, 3.05) is 88.3 Å². The zero-order chi connectivity index (χ0) is 34.8. The fourth-order valence-electron chi connectivity index (χ4n) is 6.32. The predicted molar refractivity (Wildman–Crippen MR) is 200 cm³/mol. The fourth-order valence-corrected chi connectivity index (χ4v) is 8.49. The molecular formula is C37H49N3O7S2. The smallest absolute Gasteiger partial charge is 0.260 e. The van der Waals surface area contributed by atoms with Gasteiger partial charge in [0.05, 0.1) is 64.0 Å². The van der Waals surface area contributed by atoms with Gasteiger partial charge in [-0.2, -0.15) is 0 Å². The average Bonchev–Trinajstić information content (AvgIpc) is 3.42. The van der Waals surface area contributed by atoms with Crippen molar-refractivity contribution < 1.29 is 33.6 Å². The molecule has 1 unspecified atom stereocenters. The number of nitrogens with zero attached hydrogens (tertiary/aromatic N) is 2. The Labute approximate surface area is 298 Å². The summed E-state index contributed by atoms with van der Waals surface area (Å²) in [7, 11) is 6.83. The van der Waals surface area contributed by atoms with Gasteiger partial charge in [0.15, 0.2) is 11.5 Å². The molecule has 10 nitrogen and oxygen atoms in total. The Morgan fingerprint density at radius 1 is 0.980 bits per heavy atom. The van der Waals surface area contributed by atoms with Gasteiger partial charge in [0.25, 0.3) is 5.91 Å². The van der Waals surface area contributed by atoms with Crippen LogP contribution in [-0.2, 0) is 33.8 Å². The van der Waals surface area contributed by atoms with Crippen LogP contribution in [0.4, 0.5) is 17.1 Å². The quantitative estimate of drug-likeness (QED) is 0.113. The van der Waals surface area contributed by atoms with Gasteiger partial charge in [0, 0.05) is 48.9 Å². The van der Waals surface area contributed by atoms with Crippen LogP contribution in [0, 0.1) is 0 Å². The second kappa shape index (κ2) is 17.7. The number of hydrogen-bond donors (Lipinski definition) is 2. The number of anilines is 3. The minimum atomic E-state index is -0.0953. The molecule has 3 aromatic carbocycles. The van der Waals surface area contributed by atoms with Crippen LogP contribution < -0.4 is 24.6 Å². The molecule has 0 aromatic heterocycles. The van der Waals surface area contributed by atoms with Crippen molar-refractivity contribution in [2.45, 2.75) is 44.3 Å². The summed E-state index contributed by atoms with van der Waals surface area (Å²) < 4.78 is 28.6. The van der Waals surface area contributed by atoms with E-state index in [2.05, 4.69) is 42.5 Å². The molecule has 49 heavy (non-hydrogen) atoms. The molecule has 2 heterocycles. The van der Waals surface area contributed by atoms with Gasteiger partial charge in [-0.3, -0.25) is 4.79 Å². The zero-order valence-electron chi connectivity index (χ0n) is 29.2. The summed E-state index contributed by atoms with van der Waals surface area (Å²) >= 11 is 0. The fraction of sp³-hybridized carbons (Fsp3) is 0.486. The van der Waals surface area contributed by atoms with Gasteiger partial charge in [-0.05, 0) is 73.5 Å². The number of aliphatic hydroxyl groups is 1. The van der Waals surface area contributed by atoms with Gasteiger partial charge in [-0.15, -0.1) is 0 Å². The number of benzene rings is 3. The molecule has 0 fully saturated rings. The van der Waals surface area contributed by atoms with Gasteiger partial charge in [0.1, 0.15) is 6.61 Å². The Kier molecular flexibility index (Phi) is 13.4. The average molecular weight is 712 g/mol. The molecule has 3 aromatic rings. The maximum Gasteiger partial charge on any atom is 0.260 e. The van der Waals surface area contributed by atoms with Crippen molar-refractivity contribution in [3.63, 3.8) is 0 Å². The van der Waals surface area contributed by atoms with Crippen molar-refractivity contribution >= 4 is 44.6 Å².